The van der Waals surface area contributed by atoms with Gasteiger partial charge in [0, 0.05) is 6.20 Å². The first-order chi connectivity index (χ1) is 10.6. The van der Waals surface area contributed by atoms with E-state index < -0.39 is 11.1 Å². The smallest absolute Gasteiger partial charge is 0.255 e. The van der Waals surface area contributed by atoms with E-state index in [0.29, 0.717) is 11.3 Å². The fourth-order valence-corrected chi connectivity index (χ4v) is 1.98. The average molecular weight is 319 g/mol. The number of carbonyl (C=O) groups is 1. The molecule has 0 spiro atoms. The third-order valence-corrected chi connectivity index (χ3v) is 3.04. The number of ether oxygens (including phenoxy) is 1. The molecule has 0 bridgehead atoms. The molecule has 0 N–H and O–H groups in total. The van der Waals surface area contributed by atoms with Crippen LogP contribution in [0.1, 0.15) is 10.4 Å². The summed E-state index contributed by atoms with van der Waals surface area (Å²) in [6, 6.07) is 7.13. The fourth-order valence-electron chi connectivity index (χ4n) is 1.84. The highest BCUT2D eigenvalue weighted by Gasteiger charge is 2.14. The summed E-state index contributed by atoms with van der Waals surface area (Å²) < 4.78 is 24.3. The number of rotatable bonds is 4. The number of oxazole rings is 1. The molecule has 7 heteroatoms. The van der Waals surface area contributed by atoms with Gasteiger partial charge in [0.05, 0.1) is 17.3 Å². The molecule has 0 saturated heterocycles. The lowest BCUT2D eigenvalue weighted by molar-refractivity contribution is 0.107. The zero-order valence-electron chi connectivity index (χ0n) is 11.0. The molecule has 0 atom stereocenters. The Hall–Kier alpha value is -2.73. The number of halogens is 2. The first-order valence-corrected chi connectivity index (χ1v) is 6.54. The van der Waals surface area contributed by atoms with Crippen LogP contribution in [0.25, 0.3) is 11.3 Å². The van der Waals surface area contributed by atoms with E-state index in [1.807, 2.05) is 0 Å². The van der Waals surface area contributed by atoms with Crippen molar-refractivity contribution in [2.45, 2.75) is 0 Å². The highest BCUT2D eigenvalue weighted by Crippen LogP contribution is 2.31. The van der Waals surface area contributed by atoms with Crippen LogP contribution in [0.5, 0.6) is 11.6 Å². The average Bonchev–Trinajstić information content (AvgIpc) is 3.03. The van der Waals surface area contributed by atoms with E-state index in [-0.39, 0.29) is 17.2 Å². The number of hydrogen-bond donors (Lipinski definition) is 0. The minimum absolute atomic E-state index is 0.227. The molecule has 0 aliphatic carbocycles. The van der Waals surface area contributed by atoms with Crippen molar-refractivity contribution in [1.29, 1.82) is 0 Å². The summed E-state index contributed by atoms with van der Waals surface area (Å²) in [5.41, 5.74) is 0.305. The van der Waals surface area contributed by atoms with Crippen molar-refractivity contribution in [2.24, 2.45) is 0 Å². The van der Waals surface area contributed by atoms with Gasteiger partial charge in [-0.05, 0) is 41.9 Å². The van der Waals surface area contributed by atoms with Gasteiger partial charge in [-0.25, -0.2) is 14.4 Å². The maximum Gasteiger partial charge on any atom is 0.255 e. The molecule has 22 heavy (non-hydrogen) atoms. The predicted octanol–water partition coefficient (Wildman–Crippen LogP) is 4.05. The predicted molar refractivity (Wildman–Crippen MR) is 76.4 cm³/mol. The van der Waals surface area contributed by atoms with E-state index >= 15 is 0 Å². The minimum atomic E-state index is -0.903. The van der Waals surface area contributed by atoms with Crippen molar-refractivity contribution in [3.8, 4) is 23.0 Å². The van der Waals surface area contributed by atoms with E-state index in [2.05, 4.69) is 9.97 Å². The third-order valence-electron chi connectivity index (χ3n) is 2.83. The van der Waals surface area contributed by atoms with Crippen molar-refractivity contribution in [2.75, 3.05) is 0 Å². The first kappa shape index (κ1) is 14.2. The molecule has 0 aliphatic rings. The Morgan fingerprint density at radius 3 is 2.91 bits per heavy atom. The summed E-state index contributed by atoms with van der Waals surface area (Å²) >= 11 is 5.32. The molecule has 1 aromatic carbocycles. The van der Waals surface area contributed by atoms with Crippen molar-refractivity contribution >= 4 is 16.8 Å². The molecular formula is C15H8ClFN2O3. The highest BCUT2D eigenvalue weighted by molar-refractivity contribution is 6.67. The molecule has 0 amide bonds. The van der Waals surface area contributed by atoms with Crippen LogP contribution in [0.15, 0.2) is 53.5 Å². The molecule has 3 rings (SSSR count). The molecule has 2 aromatic heterocycles. The van der Waals surface area contributed by atoms with Crippen LogP contribution in [-0.2, 0) is 0 Å². The summed E-state index contributed by atoms with van der Waals surface area (Å²) in [5.74, 6) is 0.214. The number of benzene rings is 1. The largest absolute Gasteiger partial charge is 0.443 e. The van der Waals surface area contributed by atoms with E-state index in [4.69, 9.17) is 20.8 Å². The van der Waals surface area contributed by atoms with Crippen molar-refractivity contribution in [3.05, 3.63) is 60.5 Å². The van der Waals surface area contributed by atoms with Crippen LogP contribution in [0.2, 0.25) is 0 Å². The van der Waals surface area contributed by atoms with E-state index in [9.17, 15) is 9.18 Å². The maximum atomic E-state index is 13.5. The molecule has 0 saturated carbocycles. The lowest BCUT2D eigenvalue weighted by atomic mass is 10.2. The Labute approximate surface area is 129 Å². The molecule has 3 aromatic rings. The summed E-state index contributed by atoms with van der Waals surface area (Å²) in [5, 5.41) is -0.903. The summed E-state index contributed by atoms with van der Waals surface area (Å²) in [4.78, 5) is 19.1. The standard InChI is InChI=1S/C15H8ClFN2O3/c16-14(20)11-6-9(3-4-12(11)17)22-15-10(2-1-5-19-15)13-7-18-8-21-13/h1-8H. The quantitative estimate of drug-likeness (QED) is 0.679. The third kappa shape index (κ3) is 2.82. The summed E-state index contributed by atoms with van der Waals surface area (Å²) in [7, 11) is 0. The van der Waals surface area contributed by atoms with Crippen molar-refractivity contribution < 1.29 is 18.3 Å². The fraction of sp³-hybridized carbons (Fsp3) is 0. The molecule has 0 fully saturated rings. The van der Waals surface area contributed by atoms with Crippen LogP contribution in [-0.4, -0.2) is 15.2 Å². The van der Waals surface area contributed by atoms with Crippen molar-refractivity contribution in [3.63, 3.8) is 0 Å². The SMILES string of the molecule is O=C(Cl)c1cc(Oc2ncccc2-c2cnco2)ccc1F. The second-order valence-corrected chi connectivity index (χ2v) is 4.58. The van der Waals surface area contributed by atoms with Crippen LogP contribution < -0.4 is 4.74 Å². The van der Waals surface area contributed by atoms with E-state index in [1.165, 1.54) is 30.9 Å². The second kappa shape index (κ2) is 5.95. The zero-order valence-corrected chi connectivity index (χ0v) is 11.7. The Morgan fingerprint density at radius 2 is 2.18 bits per heavy atom. The monoisotopic (exact) mass is 318 g/mol. The van der Waals surface area contributed by atoms with Gasteiger partial charge in [0.1, 0.15) is 11.6 Å². The normalized spacial score (nSPS) is 10.5. The van der Waals surface area contributed by atoms with Crippen LogP contribution in [0.4, 0.5) is 4.39 Å². The number of nitrogens with zero attached hydrogens (tertiary/aromatic N) is 2. The first-order valence-electron chi connectivity index (χ1n) is 6.16. The van der Waals surface area contributed by atoms with Gasteiger partial charge in [-0.15, -0.1) is 0 Å². The van der Waals surface area contributed by atoms with Crippen molar-refractivity contribution in [1.82, 2.24) is 9.97 Å². The molecule has 0 aliphatic heterocycles. The van der Waals surface area contributed by atoms with E-state index in [0.717, 1.165) is 6.07 Å². The number of carbonyl (C=O) groups excluding carboxylic acids is 1. The van der Waals surface area contributed by atoms with Gasteiger partial charge in [0.15, 0.2) is 12.2 Å². The van der Waals surface area contributed by atoms with Gasteiger partial charge in [-0.3, -0.25) is 4.79 Å². The lowest BCUT2D eigenvalue weighted by Gasteiger charge is -2.09. The Morgan fingerprint density at radius 1 is 1.32 bits per heavy atom. The van der Waals surface area contributed by atoms with Crippen LogP contribution >= 0.6 is 11.6 Å². The van der Waals surface area contributed by atoms with Gasteiger partial charge in [0.2, 0.25) is 5.88 Å². The maximum absolute atomic E-state index is 13.5. The Kier molecular flexibility index (Phi) is 3.84. The van der Waals surface area contributed by atoms with Gasteiger partial charge in [0.25, 0.3) is 5.24 Å². The summed E-state index contributed by atoms with van der Waals surface area (Å²) in [6.07, 6.45) is 4.34. The Balaban J connectivity index is 1.98. The topological polar surface area (TPSA) is 65.2 Å². The summed E-state index contributed by atoms with van der Waals surface area (Å²) in [6.45, 7) is 0. The zero-order chi connectivity index (χ0) is 15.5. The van der Waals surface area contributed by atoms with Gasteiger partial charge >= 0.3 is 0 Å². The number of aromatic nitrogens is 2. The molecule has 5 nitrogen and oxygen atoms in total. The Bertz CT molecular complexity index is 821. The number of hydrogen-bond acceptors (Lipinski definition) is 5. The van der Waals surface area contributed by atoms with Crippen LogP contribution in [0.3, 0.4) is 0 Å². The van der Waals surface area contributed by atoms with Gasteiger partial charge in [-0.1, -0.05) is 0 Å². The van der Waals surface area contributed by atoms with Crippen LogP contribution in [0, 0.1) is 5.82 Å². The number of pyridine rings is 1. The molecular weight excluding hydrogens is 311 g/mol. The molecule has 0 unspecified atom stereocenters. The lowest BCUT2D eigenvalue weighted by Crippen LogP contribution is -1.97. The molecule has 0 radical (unpaired) electrons. The van der Waals surface area contributed by atoms with E-state index in [1.54, 1.807) is 12.1 Å². The highest BCUT2D eigenvalue weighted by atomic mass is 35.5. The second-order valence-electron chi connectivity index (χ2n) is 4.24. The molecule has 110 valence electrons. The van der Waals surface area contributed by atoms with Gasteiger partial charge in [-0.2, -0.15) is 0 Å². The molecule has 2 heterocycles. The minimum Gasteiger partial charge on any atom is -0.443 e. The van der Waals surface area contributed by atoms with Gasteiger partial charge < -0.3 is 9.15 Å².